The average molecular weight is 277 g/mol. The van der Waals surface area contributed by atoms with Gasteiger partial charge in [-0.25, -0.2) is 4.39 Å². The molecule has 0 amide bonds. The standard InChI is InChI=1S/C15H16FNO3/c1-18-14-4-2-3-5-15(14)20-9-8-19-13-7-6-11(16)10-12(13)17/h2-7,10H,8-9,17H2,1H3. The summed E-state index contributed by atoms with van der Waals surface area (Å²) in [6.45, 7) is 0.630. The number of methoxy groups -OCH3 is 1. The highest BCUT2D eigenvalue weighted by Crippen LogP contribution is 2.26. The molecule has 0 heterocycles. The van der Waals surface area contributed by atoms with Gasteiger partial charge in [0.25, 0.3) is 0 Å². The Hall–Kier alpha value is -2.43. The van der Waals surface area contributed by atoms with Crippen molar-refractivity contribution in [1.29, 1.82) is 0 Å². The summed E-state index contributed by atoms with van der Waals surface area (Å²) in [7, 11) is 1.58. The van der Waals surface area contributed by atoms with Crippen LogP contribution in [-0.2, 0) is 0 Å². The van der Waals surface area contributed by atoms with E-state index in [0.717, 1.165) is 0 Å². The van der Waals surface area contributed by atoms with Gasteiger partial charge in [0, 0.05) is 6.07 Å². The minimum absolute atomic E-state index is 0.266. The molecule has 0 bridgehead atoms. The molecule has 20 heavy (non-hydrogen) atoms. The van der Waals surface area contributed by atoms with Crippen LogP contribution in [0.2, 0.25) is 0 Å². The van der Waals surface area contributed by atoms with Gasteiger partial charge in [-0.15, -0.1) is 0 Å². The molecule has 0 aliphatic carbocycles. The minimum atomic E-state index is -0.389. The van der Waals surface area contributed by atoms with Crippen LogP contribution in [0, 0.1) is 5.82 Å². The molecule has 2 rings (SSSR count). The molecule has 0 fully saturated rings. The van der Waals surface area contributed by atoms with Gasteiger partial charge in [-0.1, -0.05) is 12.1 Å². The molecule has 2 aromatic carbocycles. The summed E-state index contributed by atoms with van der Waals surface area (Å²) < 4.78 is 29.0. The molecule has 2 N–H and O–H groups in total. The van der Waals surface area contributed by atoms with Gasteiger partial charge in [0.2, 0.25) is 0 Å². The lowest BCUT2D eigenvalue weighted by molar-refractivity contribution is 0.212. The number of nitrogens with two attached hydrogens (primary N) is 1. The SMILES string of the molecule is COc1ccccc1OCCOc1ccc(F)cc1N. The minimum Gasteiger partial charge on any atom is -0.493 e. The summed E-state index contributed by atoms with van der Waals surface area (Å²) in [5, 5.41) is 0. The second-order valence-corrected chi connectivity index (χ2v) is 4.03. The lowest BCUT2D eigenvalue weighted by atomic mass is 10.3. The second kappa shape index (κ2) is 6.65. The van der Waals surface area contributed by atoms with Gasteiger partial charge >= 0.3 is 0 Å². The first-order valence-corrected chi connectivity index (χ1v) is 6.14. The molecule has 0 saturated carbocycles. The maximum atomic E-state index is 12.9. The number of benzene rings is 2. The summed E-state index contributed by atoms with van der Waals surface area (Å²) in [5.74, 6) is 1.36. The van der Waals surface area contributed by atoms with E-state index in [0.29, 0.717) is 30.5 Å². The largest absolute Gasteiger partial charge is 0.493 e. The van der Waals surface area contributed by atoms with E-state index in [-0.39, 0.29) is 11.5 Å². The van der Waals surface area contributed by atoms with Crippen LogP contribution in [0.25, 0.3) is 0 Å². The number of halogens is 1. The molecule has 0 unspecified atom stereocenters. The van der Waals surface area contributed by atoms with Gasteiger partial charge in [-0.3, -0.25) is 0 Å². The molecule has 0 spiro atoms. The Morgan fingerprint density at radius 2 is 1.60 bits per heavy atom. The van der Waals surface area contributed by atoms with E-state index in [1.165, 1.54) is 18.2 Å². The average Bonchev–Trinajstić information content (AvgIpc) is 2.46. The molecule has 0 aliphatic rings. The van der Waals surface area contributed by atoms with Crippen LogP contribution >= 0.6 is 0 Å². The van der Waals surface area contributed by atoms with Gasteiger partial charge in [-0.2, -0.15) is 0 Å². The maximum absolute atomic E-state index is 12.9. The summed E-state index contributed by atoms with van der Waals surface area (Å²) >= 11 is 0. The number of hydrogen-bond acceptors (Lipinski definition) is 4. The van der Waals surface area contributed by atoms with Gasteiger partial charge < -0.3 is 19.9 Å². The summed E-state index contributed by atoms with van der Waals surface area (Å²) in [5.41, 5.74) is 5.90. The third-order valence-corrected chi connectivity index (χ3v) is 2.64. The monoisotopic (exact) mass is 277 g/mol. The second-order valence-electron chi connectivity index (χ2n) is 4.03. The lowest BCUT2D eigenvalue weighted by Gasteiger charge is -2.12. The van der Waals surface area contributed by atoms with E-state index in [9.17, 15) is 4.39 Å². The topological polar surface area (TPSA) is 53.7 Å². The fourth-order valence-corrected chi connectivity index (χ4v) is 1.69. The molecule has 106 valence electrons. The molecular weight excluding hydrogens is 261 g/mol. The van der Waals surface area contributed by atoms with Crippen molar-refractivity contribution in [3.8, 4) is 17.2 Å². The van der Waals surface area contributed by atoms with Crippen molar-refractivity contribution >= 4 is 5.69 Å². The van der Waals surface area contributed by atoms with E-state index < -0.39 is 0 Å². The first kappa shape index (κ1) is 14.0. The molecule has 0 radical (unpaired) electrons. The van der Waals surface area contributed by atoms with Crippen LogP contribution < -0.4 is 19.9 Å². The van der Waals surface area contributed by atoms with Gasteiger partial charge in [0.1, 0.15) is 24.8 Å². The normalized spacial score (nSPS) is 10.1. The third-order valence-electron chi connectivity index (χ3n) is 2.64. The number of ether oxygens (including phenoxy) is 3. The number of hydrogen-bond donors (Lipinski definition) is 1. The van der Waals surface area contributed by atoms with Crippen molar-refractivity contribution in [3.05, 3.63) is 48.3 Å². The molecule has 0 aromatic heterocycles. The van der Waals surface area contributed by atoms with Crippen LogP contribution in [0.5, 0.6) is 17.2 Å². The van der Waals surface area contributed by atoms with Gasteiger partial charge in [-0.05, 0) is 24.3 Å². The van der Waals surface area contributed by atoms with Crippen LogP contribution in [0.4, 0.5) is 10.1 Å². The summed E-state index contributed by atoms with van der Waals surface area (Å²) in [6, 6.07) is 11.4. The zero-order chi connectivity index (χ0) is 14.4. The van der Waals surface area contributed by atoms with Crippen LogP contribution in [0.15, 0.2) is 42.5 Å². The number of nitrogen functional groups attached to an aromatic ring is 1. The number of rotatable bonds is 6. The lowest BCUT2D eigenvalue weighted by Crippen LogP contribution is -2.10. The fraction of sp³-hybridized carbons (Fsp3) is 0.200. The van der Waals surface area contributed by atoms with Crippen LogP contribution in [0.3, 0.4) is 0 Å². The highest BCUT2D eigenvalue weighted by atomic mass is 19.1. The predicted octanol–water partition coefficient (Wildman–Crippen LogP) is 2.87. The van der Waals surface area contributed by atoms with Crippen molar-refractivity contribution in [3.63, 3.8) is 0 Å². The Morgan fingerprint density at radius 3 is 2.25 bits per heavy atom. The first-order valence-electron chi connectivity index (χ1n) is 6.14. The van der Waals surface area contributed by atoms with Gasteiger partial charge in [0.05, 0.1) is 12.8 Å². The molecule has 2 aromatic rings. The van der Waals surface area contributed by atoms with Crippen molar-refractivity contribution in [1.82, 2.24) is 0 Å². The highest BCUT2D eigenvalue weighted by molar-refractivity contribution is 5.52. The third kappa shape index (κ3) is 3.54. The van der Waals surface area contributed by atoms with Crippen molar-refractivity contribution in [2.24, 2.45) is 0 Å². The van der Waals surface area contributed by atoms with E-state index in [1.54, 1.807) is 7.11 Å². The molecule has 4 nitrogen and oxygen atoms in total. The molecule has 0 aliphatic heterocycles. The highest BCUT2D eigenvalue weighted by Gasteiger charge is 2.04. The zero-order valence-corrected chi connectivity index (χ0v) is 11.1. The molecule has 5 heteroatoms. The zero-order valence-electron chi connectivity index (χ0n) is 11.1. The van der Waals surface area contributed by atoms with Crippen molar-refractivity contribution < 1.29 is 18.6 Å². The molecular formula is C15H16FNO3. The molecule has 0 saturated heterocycles. The van der Waals surface area contributed by atoms with Crippen LogP contribution in [0.1, 0.15) is 0 Å². The Balaban J connectivity index is 1.84. The maximum Gasteiger partial charge on any atom is 0.161 e. The van der Waals surface area contributed by atoms with E-state index in [1.807, 2.05) is 24.3 Å². The van der Waals surface area contributed by atoms with Crippen LogP contribution in [-0.4, -0.2) is 20.3 Å². The van der Waals surface area contributed by atoms with Crippen molar-refractivity contribution in [2.75, 3.05) is 26.1 Å². The summed E-state index contributed by atoms with van der Waals surface area (Å²) in [4.78, 5) is 0. The van der Waals surface area contributed by atoms with E-state index in [2.05, 4.69) is 0 Å². The smallest absolute Gasteiger partial charge is 0.161 e. The fourth-order valence-electron chi connectivity index (χ4n) is 1.69. The number of para-hydroxylation sites is 2. The Morgan fingerprint density at radius 1 is 0.950 bits per heavy atom. The van der Waals surface area contributed by atoms with E-state index >= 15 is 0 Å². The van der Waals surface area contributed by atoms with E-state index in [4.69, 9.17) is 19.9 Å². The Labute approximate surface area is 116 Å². The predicted molar refractivity (Wildman–Crippen MR) is 74.8 cm³/mol. The van der Waals surface area contributed by atoms with Gasteiger partial charge in [0.15, 0.2) is 11.5 Å². The Bertz CT molecular complexity index is 575. The Kier molecular flexibility index (Phi) is 4.65. The van der Waals surface area contributed by atoms with Crippen molar-refractivity contribution in [2.45, 2.75) is 0 Å². The first-order chi connectivity index (χ1) is 9.70. The molecule has 0 atom stereocenters. The summed E-state index contributed by atoms with van der Waals surface area (Å²) in [6.07, 6.45) is 0. The number of anilines is 1. The quantitative estimate of drug-likeness (QED) is 0.651.